The maximum absolute atomic E-state index is 14.0. The summed E-state index contributed by atoms with van der Waals surface area (Å²) in [7, 11) is -0.577. The van der Waals surface area contributed by atoms with Crippen LogP contribution in [0.3, 0.4) is 0 Å². The third kappa shape index (κ3) is 7.15. The van der Waals surface area contributed by atoms with Crippen LogP contribution in [-0.4, -0.2) is 58.6 Å². The van der Waals surface area contributed by atoms with Crippen LogP contribution in [0.2, 0.25) is 0 Å². The zero-order chi connectivity index (χ0) is 33.2. The monoisotopic (exact) mass is 634 g/mol. The van der Waals surface area contributed by atoms with Crippen molar-refractivity contribution < 1.29 is 23.9 Å². The molecule has 0 spiro atoms. The second kappa shape index (κ2) is 13.6. The molecular weight excluding hydrogens is 587 g/mol. The van der Waals surface area contributed by atoms with Gasteiger partial charge in [0, 0.05) is 42.5 Å². The maximum atomic E-state index is 14.0. The minimum absolute atomic E-state index is 0.000106. The highest BCUT2D eigenvalue weighted by Crippen LogP contribution is 2.65. The highest BCUT2D eigenvalue weighted by molar-refractivity contribution is 6.47. The predicted octanol–water partition coefficient (Wildman–Crippen LogP) is 4.34. The number of aliphatic imine (C=N–C) groups is 1. The van der Waals surface area contributed by atoms with Gasteiger partial charge in [-0.05, 0) is 98.6 Å². The van der Waals surface area contributed by atoms with E-state index in [2.05, 4.69) is 44.9 Å². The average Bonchev–Trinajstić information content (AvgIpc) is 3.65. The SMILES string of the molecule is CC(C)C[C@H](NC(=O)[C@H](CCCN=C(N)N[N+](=O)[O-])CC(=O)c1ccc(-n2cccc2)cc1)B1O[C@@H]2C[C@H]3C[C@H](C3(C)C)[C@]2(C)O1. The normalized spacial score (nSPS) is 26.2. The van der Waals surface area contributed by atoms with Crippen molar-refractivity contribution in [3.8, 4) is 5.69 Å². The number of carbonyl (C=O) groups excluding carboxylic acids is 2. The summed E-state index contributed by atoms with van der Waals surface area (Å²) < 4.78 is 15.2. The quantitative estimate of drug-likeness (QED) is 0.0526. The van der Waals surface area contributed by atoms with Gasteiger partial charge in [0.2, 0.25) is 5.91 Å². The number of hydrogen-bond donors (Lipinski definition) is 3. The predicted molar refractivity (Wildman–Crippen MR) is 176 cm³/mol. The molecule has 13 heteroatoms. The van der Waals surface area contributed by atoms with Gasteiger partial charge in [-0.1, -0.05) is 33.1 Å². The van der Waals surface area contributed by atoms with E-state index >= 15 is 0 Å². The number of nitrogens with one attached hydrogen (secondary N) is 2. The molecule has 248 valence electrons. The molecule has 4 fully saturated rings. The van der Waals surface area contributed by atoms with Crippen LogP contribution in [0.25, 0.3) is 5.69 Å². The summed E-state index contributed by atoms with van der Waals surface area (Å²) in [5.41, 5.74) is 8.63. The zero-order valence-corrected chi connectivity index (χ0v) is 27.5. The first-order valence-corrected chi connectivity index (χ1v) is 16.4. The molecule has 2 aromatic rings. The second-order valence-corrected chi connectivity index (χ2v) is 14.3. The lowest BCUT2D eigenvalue weighted by molar-refractivity contribution is -0.525. The number of benzene rings is 1. The van der Waals surface area contributed by atoms with E-state index in [0.717, 1.165) is 18.5 Å². The lowest BCUT2D eigenvalue weighted by atomic mass is 9.43. The lowest BCUT2D eigenvalue weighted by Crippen LogP contribution is -2.65. The van der Waals surface area contributed by atoms with E-state index in [0.29, 0.717) is 36.7 Å². The van der Waals surface area contributed by atoms with Crippen LogP contribution in [0.1, 0.15) is 83.5 Å². The minimum atomic E-state index is -0.779. The van der Waals surface area contributed by atoms with E-state index in [9.17, 15) is 19.7 Å². The summed E-state index contributed by atoms with van der Waals surface area (Å²) in [5.74, 6) is -0.468. The van der Waals surface area contributed by atoms with Crippen LogP contribution in [0.5, 0.6) is 0 Å². The Morgan fingerprint density at radius 2 is 1.87 bits per heavy atom. The van der Waals surface area contributed by atoms with Crippen molar-refractivity contribution in [2.24, 2.45) is 39.8 Å². The molecule has 4 aliphatic rings. The Hall–Kier alpha value is -3.71. The second-order valence-electron chi connectivity index (χ2n) is 14.3. The van der Waals surface area contributed by atoms with Crippen molar-refractivity contribution in [3.63, 3.8) is 0 Å². The topological polar surface area (TPSA) is 163 Å². The number of nitrogens with two attached hydrogens (primary N) is 1. The molecule has 6 rings (SSSR count). The first-order chi connectivity index (χ1) is 21.8. The molecular formula is C33H47BN6O6. The number of amides is 1. The Balaban J connectivity index is 1.29. The lowest BCUT2D eigenvalue weighted by Gasteiger charge is -2.64. The molecule has 0 unspecified atom stereocenters. The van der Waals surface area contributed by atoms with Crippen LogP contribution in [-0.2, 0) is 14.1 Å². The molecule has 6 atom stereocenters. The van der Waals surface area contributed by atoms with Crippen molar-refractivity contribution in [1.29, 1.82) is 0 Å². The van der Waals surface area contributed by atoms with Gasteiger partial charge >= 0.3 is 7.12 Å². The molecule has 12 nitrogen and oxygen atoms in total. The first kappa shape index (κ1) is 33.7. The molecule has 3 saturated carbocycles. The molecule has 4 N–H and O–H groups in total. The third-order valence-electron chi connectivity index (χ3n) is 10.4. The first-order valence-electron chi connectivity index (χ1n) is 16.4. The fraction of sp³-hybridized carbons (Fsp3) is 0.606. The molecule has 1 aliphatic heterocycles. The fourth-order valence-corrected chi connectivity index (χ4v) is 7.78. The largest absolute Gasteiger partial charge is 0.481 e. The number of nitrogens with zero attached hydrogens (tertiary/aromatic N) is 3. The smallest absolute Gasteiger partial charge is 0.404 e. The van der Waals surface area contributed by atoms with Crippen LogP contribution in [0.4, 0.5) is 0 Å². The van der Waals surface area contributed by atoms with Gasteiger partial charge in [0.1, 0.15) is 0 Å². The van der Waals surface area contributed by atoms with Gasteiger partial charge < -0.3 is 24.9 Å². The number of rotatable bonds is 14. The Labute approximate surface area is 271 Å². The van der Waals surface area contributed by atoms with Gasteiger partial charge in [-0.2, -0.15) is 0 Å². The minimum Gasteiger partial charge on any atom is -0.404 e. The third-order valence-corrected chi connectivity index (χ3v) is 10.4. The van der Waals surface area contributed by atoms with E-state index in [1.807, 2.05) is 46.7 Å². The fourth-order valence-electron chi connectivity index (χ4n) is 7.78. The standard InChI is InChI=1S/C33H47BN6O6/c1-21(2)17-29(34-45-28-20-24-19-27(32(24,3)4)33(28,5)46-34)37-30(42)23(9-8-14-36-31(35)38-40(43)44)18-26(41)22-10-12-25(13-11-22)39-15-6-7-16-39/h6-7,10-13,15-16,21,23-24,27-29H,8-9,14,17-20H2,1-5H3,(H,37,42)(H3,35,36,38)/t23-,24-,27-,28-,29+,33+/m1/s1. The van der Waals surface area contributed by atoms with Crippen LogP contribution >= 0.6 is 0 Å². The van der Waals surface area contributed by atoms with Gasteiger partial charge in [-0.3, -0.25) is 9.59 Å². The van der Waals surface area contributed by atoms with Crippen molar-refractivity contribution in [2.75, 3.05) is 6.54 Å². The van der Waals surface area contributed by atoms with Crippen LogP contribution in [0, 0.1) is 39.2 Å². The van der Waals surface area contributed by atoms with Crippen molar-refractivity contribution >= 4 is 24.8 Å². The van der Waals surface area contributed by atoms with Gasteiger partial charge in [-0.25, -0.2) is 15.1 Å². The zero-order valence-electron chi connectivity index (χ0n) is 27.5. The van der Waals surface area contributed by atoms with Crippen molar-refractivity contribution in [3.05, 3.63) is 64.5 Å². The van der Waals surface area contributed by atoms with Crippen molar-refractivity contribution in [2.45, 2.75) is 90.8 Å². The molecule has 1 aromatic heterocycles. The summed E-state index contributed by atoms with van der Waals surface area (Å²) in [6.07, 6.45) is 7.34. The highest BCUT2D eigenvalue weighted by atomic mass is 16.7. The molecule has 3 aliphatic carbocycles. The molecule has 46 heavy (non-hydrogen) atoms. The molecule has 0 radical (unpaired) electrons. The number of carbonyl (C=O) groups is 2. The summed E-state index contributed by atoms with van der Waals surface area (Å²) in [6.45, 7) is 11.2. The van der Waals surface area contributed by atoms with Gasteiger partial charge in [-0.15, -0.1) is 0 Å². The summed E-state index contributed by atoms with van der Waals surface area (Å²) >= 11 is 0. The van der Waals surface area contributed by atoms with Crippen LogP contribution < -0.4 is 16.5 Å². The molecule has 1 aromatic carbocycles. The van der Waals surface area contributed by atoms with E-state index in [-0.39, 0.29) is 54.0 Å². The Morgan fingerprint density at radius 3 is 2.50 bits per heavy atom. The Kier molecular flexibility index (Phi) is 9.93. The molecule has 1 amide bonds. The number of nitro groups is 1. The maximum Gasteiger partial charge on any atom is 0.481 e. The van der Waals surface area contributed by atoms with E-state index in [4.69, 9.17) is 15.0 Å². The van der Waals surface area contributed by atoms with Gasteiger partial charge in [0.15, 0.2) is 10.8 Å². The number of hydrazine groups is 1. The van der Waals surface area contributed by atoms with E-state index < -0.39 is 23.7 Å². The van der Waals surface area contributed by atoms with E-state index in [1.54, 1.807) is 12.1 Å². The number of Topliss-reactive ketones (excluding diaryl/α,β-unsaturated/α-hetero) is 1. The molecule has 1 saturated heterocycles. The summed E-state index contributed by atoms with van der Waals surface area (Å²) in [4.78, 5) is 42.1. The Bertz CT molecular complexity index is 1430. The van der Waals surface area contributed by atoms with E-state index in [1.165, 1.54) is 0 Å². The summed E-state index contributed by atoms with van der Waals surface area (Å²) in [5, 5.41) is 13.1. The van der Waals surface area contributed by atoms with Gasteiger partial charge in [0.25, 0.3) is 5.96 Å². The summed E-state index contributed by atoms with van der Waals surface area (Å²) in [6, 6.07) is 11.2. The van der Waals surface area contributed by atoms with Gasteiger partial charge in [0.05, 0.1) is 17.6 Å². The number of guanidine groups is 1. The molecule has 2 heterocycles. The van der Waals surface area contributed by atoms with Crippen molar-refractivity contribution in [1.82, 2.24) is 15.3 Å². The van der Waals surface area contributed by atoms with Crippen LogP contribution in [0.15, 0.2) is 53.8 Å². The number of hydrogen-bond acceptors (Lipinski definition) is 7. The average molecular weight is 635 g/mol. The Morgan fingerprint density at radius 1 is 1.17 bits per heavy atom. The molecule has 2 bridgehead atoms. The number of aromatic nitrogens is 1. The number of ketones is 1. The highest BCUT2D eigenvalue weighted by Gasteiger charge is 2.68.